The van der Waals surface area contributed by atoms with Crippen LogP contribution in [0.5, 0.6) is 0 Å². The van der Waals surface area contributed by atoms with Crippen LogP contribution in [0.3, 0.4) is 0 Å². The number of hydrogen-bond acceptors (Lipinski definition) is 0. The zero-order chi connectivity index (χ0) is 39.9. The molecule has 0 radical (unpaired) electrons. The van der Waals surface area contributed by atoms with Crippen LogP contribution in [0.2, 0.25) is 0 Å². The lowest BCUT2D eigenvalue weighted by molar-refractivity contribution is 0.588. The maximum atomic E-state index is 2.52. The van der Waals surface area contributed by atoms with E-state index in [1.807, 2.05) is 0 Å². The van der Waals surface area contributed by atoms with Gasteiger partial charge in [0.15, 0.2) is 0 Å². The molecule has 0 fully saturated rings. The number of rotatable bonds is 8. The zero-order valence-corrected chi connectivity index (χ0v) is 35.5. The molecule has 282 valence electrons. The van der Waals surface area contributed by atoms with Crippen LogP contribution in [0.1, 0.15) is 93.1 Å². The van der Waals surface area contributed by atoms with Gasteiger partial charge in [-0.15, -0.1) is 0 Å². The van der Waals surface area contributed by atoms with Gasteiger partial charge in [-0.05, 0) is 190 Å². The topological polar surface area (TPSA) is 0 Å². The highest BCUT2D eigenvalue weighted by molar-refractivity contribution is 5.86. The van der Waals surface area contributed by atoms with Gasteiger partial charge in [-0.25, -0.2) is 0 Å². The smallest absolute Gasteiger partial charge is 0.00132 e. The molecule has 0 heteroatoms. The first-order chi connectivity index (χ1) is 26.7. The summed E-state index contributed by atoms with van der Waals surface area (Å²) in [7, 11) is 0. The van der Waals surface area contributed by atoms with E-state index in [4.69, 9.17) is 0 Å². The van der Waals surface area contributed by atoms with Crippen LogP contribution >= 0.6 is 0 Å². The Balaban J connectivity index is 1.47. The molecule has 0 aliphatic rings. The van der Waals surface area contributed by atoms with E-state index in [0.717, 1.165) is 12.8 Å². The molecule has 0 N–H and O–H groups in total. The van der Waals surface area contributed by atoms with Crippen molar-refractivity contribution in [3.8, 4) is 44.5 Å². The predicted octanol–water partition coefficient (Wildman–Crippen LogP) is 15.3. The fraction of sp³-hybridized carbons (Fsp3) is 0.250. The Kier molecular flexibility index (Phi) is 10.8. The Labute approximate surface area is 337 Å². The molecular formula is C56H58. The Hall–Kier alpha value is -5.46. The number of benzene rings is 7. The predicted molar refractivity (Wildman–Crippen MR) is 243 cm³/mol. The molecule has 0 spiro atoms. The molecule has 7 aromatic rings. The second-order valence-corrected chi connectivity index (χ2v) is 17.4. The van der Waals surface area contributed by atoms with Crippen molar-refractivity contribution >= 4 is 0 Å². The first-order valence-corrected chi connectivity index (χ1v) is 20.4. The Morgan fingerprint density at radius 3 is 0.786 bits per heavy atom. The van der Waals surface area contributed by atoms with Crippen molar-refractivity contribution in [3.05, 3.63) is 200 Å². The molecule has 0 unspecified atom stereocenters. The van der Waals surface area contributed by atoms with Gasteiger partial charge in [0.25, 0.3) is 0 Å². The largest absolute Gasteiger partial charge is 0.0617 e. The summed E-state index contributed by atoms with van der Waals surface area (Å²) in [6, 6.07) is 48.3. The molecule has 0 saturated heterocycles. The SMILES string of the molecule is Cc1cccc(C)c1-c1cccc(-c2c(C)cccc2C)c1Cc1cc(Cc2c(-c3c(C)cccc3C)cccc2-c2c(C)cccc2C)cc(C(C)(C)C)c1. The van der Waals surface area contributed by atoms with E-state index < -0.39 is 0 Å². The van der Waals surface area contributed by atoms with Crippen LogP contribution in [0.25, 0.3) is 44.5 Å². The maximum Gasteiger partial charge on any atom is -0.00132 e. The standard InChI is InChI=1S/C56H58/c1-35-18-12-19-36(2)52(35)46-26-16-27-47(53-37(3)20-13-21-38(53)4)50(46)33-43-30-44(32-45(31-43)56(9,10)11)34-51-48(54-39(5)22-14-23-40(54)6)28-17-29-49(51)55-41(7)24-15-25-42(55)8/h12-32H,33-34H2,1-11H3. The van der Waals surface area contributed by atoms with Gasteiger partial charge in [-0.1, -0.05) is 148 Å². The van der Waals surface area contributed by atoms with E-state index in [-0.39, 0.29) is 5.41 Å². The van der Waals surface area contributed by atoms with Gasteiger partial charge in [0, 0.05) is 0 Å². The summed E-state index contributed by atoms with van der Waals surface area (Å²) >= 11 is 0. The van der Waals surface area contributed by atoms with Gasteiger partial charge in [-0.2, -0.15) is 0 Å². The molecule has 0 nitrogen and oxygen atoms in total. The average Bonchev–Trinajstić information content (AvgIpc) is 3.13. The second-order valence-electron chi connectivity index (χ2n) is 17.4. The Bertz CT molecular complexity index is 2190. The molecular weight excluding hydrogens is 673 g/mol. The summed E-state index contributed by atoms with van der Waals surface area (Å²) in [5, 5.41) is 0. The van der Waals surface area contributed by atoms with Crippen molar-refractivity contribution in [2.75, 3.05) is 0 Å². The number of hydrogen-bond donors (Lipinski definition) is 0. The fourth-order valence-corrected chi connectivity index (χ4v) is 9.26. The molecule has 0 atom stereocenters. The van der Waals surface area contributed by atoms with E-state index in [9.17, 15) is 0 Å². The van der Waals surface area contributed by atoms with Gasteiger partial charge in [-0.3, -0.25) is 0 Å². The minimum absolute atomic E-state index is 0.0200. The summed E-state index contributed by atoms with van der Waals surface area (Å²) in [5.74, 6) is 0. The van der Waals surface area contributed by atoms with Crippen LogP contribution in [0.4, 0.5) is 0 Å². The Morgan fingerprint density at radius 2 is 0.554 bits per heavy atom. The highest BCUT2D eigenvalue weighted by Gasteiger charge is 2.23. The van der Waals surface area contributed by atoms with E-state index in [0.29, 0.717) is 0 Å². The molecule has 0 bridgehead atoms. The normalized spacial score (nSPS) is 11.6. The van der Waals surface area contributed by atoms with Crippen molar-refractivity contribution in [2.45, 2.75) is 94.4 Å². The molecule has 56 heavy (non-hydrogen) atoms. The highest BCUT2D eigenvalue weighted by Crippen LogP contribution is 2.42. The molecule has 7 rings (SSSR count). The Morgan fingerprint density at radius 1 is 0.321 bits per heavy atom. The molecule has 0 amide bonds. The minimum atomic E-state index is -0.0200. The molecule has 7 aromatic carbocycles. The molecule has 0 aliphatic heterocycles. The van der Waals surface area contributed by atoms with Gasteiger partial charge in [0.1, 0.15) is 0 Å². The van der Waals surface area contributed by atoms with Gasteiger partial charge in [0.05, 0.1) is 0 Å². The average molecular weight is 731 g/mol. The van der Waals surface area contributed by atoms with Crippen LogP contribution in [-0.2, 0) is 18.3 Å². The first-order valence-electron chi connectivity index (χ1n) is 20.4. The monoisotopic (exact) mass is 730 g/mol. The third-order valence-corrected chi connectivity index (χ3v) is 12.0. The van der Waals surface area contributed by atoms with Crippen molar-refractivity contribution < 1.29 is 0 Å². The first kappa shape index (κ1) is 38.8. The van der Waals surface area contributed by atoms with Crippen LogP contribution in [0, 0.1) is 55.4 Å². The summed E-state index contributed by atoms with van der Waals surface area (Å²) < 4.78 is 0. The van der Waals surface area contributed by atoms with Crippen LogP contribution in [-0.4, -0.2) is 0 Å². The van der Waals surface area contributed by atoms with Crippen molar-refractivity contribution in [1.29, 1.82) is 0 Å². The summed E-state index contributed by atoms with van der Waals surface area (Å²) in [4.78, 5) is 0. The number of aryl methyl sites for hydroxylation is 8. The van der Waals surface area contributed by atoms with Crippen LogP contribution in [0.15, 0.2) is 127 Å². The quantitative estimate of drug-likeness (QED) is 0.146. The van der Waals surface area contributed by atoms with E-state index >= 15 is 0 Å². The lowest BCUT2D eigenvalue weighted by Crippen LogP contribution is -2.13. The third kappa shape index (κ3) is 7.55. The summed E-state index contributed by atoms with van der Waals surface area (Å²) in [6.45, 7) is 25.2. The summed E-state index contributed by atoms with van der Waals surface area (Å²) in [6.07, 6.45) is 1.68. The van der Waals surface area contributed by atoms with Gasteiger partial charge < -0.3 is 0 Å². The minimum Gasteiger partial charge on any atom is -0.0617 e. The third-order valence-electron chi connectivity index (χ3n) is 12.0. The maximum absolute atomic E-state index is 2.52. The van der Waals surface area contributed by atoms with Gasteiger partial charge in [0.2, 0.25) is 0 Å². The van der Waals surface area contributed by atoms with Crippen molar-refractivity contribution in [1.82, 2.24) is 0 Å². The van der Waals surface area contributed by atoms with E-state index in [1.54, 1.807) is 0 Å². The van der Waals surface area contributed by atoms with Gasteiger partial charge >= 0.3 is 0 Å². The molecule has 0 aromatic heterocycles. The highest BCUT2D eigenvalue weighted by atomic mass is 14.3. The fourth-order valence-electron chi connectivity index (χ4n) is 9.26. The zero-order valence-electron chi connectivity index (χ0n) is 35.5. The lowest BCUT2D eigenvalue weighted by atomic mass is 9.79. The molecule has 0 saturated carbocycles. The summed E-state index contributed by atoms with van der Waals surface area (Å²) in [5.41, 5.74) is 28.1. The van der Waals surface area contributed by atoms with Crippen LogP contribution < -0.4 is 0 Å². The van der Waals surface area contributed by atoms with E-state index in [2.05, 4.69) is 204 Å². The second kappa shape index (κ2) is 15.6. The van der Waals surface area contributed by atoms with Crippen molar-refractivity contribution in [2.24, 2.45) is 0 Å². The molecule has 0 heterocycles. The molecule has 0 aliphatic carbocycles. The van der Waals surface area contributed by atoms with Crippen molar-refractivity contribution in [3.63, 3.8) is 0 Å². The van der Waals surface area contributed by atoms with E-state index in [1.165, 1.54) is 117 Å². The lowest BCUT2D eigenvalue weighted by Gasteiger charge is -2.25.